The van der Waals surface area contributed by atoms with Gasteiger partial charge in [-0.15, -0.1) is 0 Å². The molecule has 0 saturated heterocycles. The number of hydrogen-bond acceptors (Lipinski definition) is 2. The van der Waals surface area contributed by atoms with E-state index < -0.39 is 0 Å². The zero-order valence-electron chi connectivity index (χ0n) is 10.7. The molecular formula is C15H20O2. The molecular weight excluding hydrogens is 212 g/mol. The summed E-state index contributed by atoms with van der Waals surface area (Å²) in [6.07, 6.45) is 3.80. The summed E-state index contributed by atoms with van der Waals surface area (Å²) >= 11 is 0. The minimum atomic E-state index is -0.136. The molecule has 0 heterocycles. The number of carbonyl (C=O) groups excluding carboxylic acids is 1. The third-order valence-electron chi connectivity index (χ3n) is 5.23. The summed E-state index contributed by atoms with van der Waals surface area (Å²) in [7, 11) is 0. The lowest BCUT2D eigenvalue weighted by atomic mass is 9.71. The van der Waals surface area contributed by atoms with Crippen molar-refractivity contribution >= 4 is 5.78 Å². The summed E-state index contributed by atoms with van der Waals surface area (Å²) < 4.78 is 0. The van der Waals surface area contributed by atoms with Gasteiger partial charge in [-0.3, -0.25) is 4.79 Å². The Balaban J connectivity index is 2.03. The van der Waals surface area contributed by atoms with E-state index in [1.807, 2.05) is 0 Å². The maximum atomic E-state index is 12.4. The van der Waals surface area contributed by atoms with Gasteiger partial charge in [-0.1, -0.05) is 20.4 Å². The zero-order valence-corrected chi connectivity index (χ0v) is 10.7. The maximum absolute atomic E-state index is 12.4. The Bertz CT molecular complexity index is 454. The first-order chi connectivity index (χ1) is 7.93. The van der Waals surface area contributed by atoms with Gasteiger partial charge in [0.1, 0.15) is 0 Å². The number of aliphatic hydroxyl groups is 1. The molecule has 0 aromatic carbocycles. The molecule has 0 unspecified atom stereocenters. The van der Waals surface area contributed by atoms with Crippen LogP contribution in [0.2, 0.25) is 0 Å². The molecule has 0 radical (unpaired) electrons. The van der Waals surface area contributed by atoms with Crippen LogP contribution in [0, 0.1) is 16.7 Å². The van der Waals surface area contributed by atoms with E-state index in [2.05, 4.69) is 20.4 Å². The molecule has 1 spiro atoms. The second-order valence-electron chi connectivity index (χ2n) is 6.50. The Hall–Kier alpha value is -0.890. The third kappa shape index (κ3) is 1.28. The zero-order chi connectivity index (χ0) is 12.4. The molecule has 17 heavy (non-hydrogen) atoms. The van der Waals surface area contributed by atoms with Gasteiger partial charge in [0.05, 0.1) is 0 Å². The molecule has 1 N–H and O–H groups in total. The number of Topliss-reactive ketones (excluding diaryl/α,β-unsaturated/α-hetero) is 1. The quantitative estimate of drug-likeness (QED) is 0.754. The first-order valence-electron chi connectivity index (χ1n) is 6.50. The van der Waals surface area contributed by atoms with Crippen molar-refractivity contribution in [3.63, 3.8) is 0 Å². The molecule has 0 aromatic rings. The van der Waals surface area contributed by atoms with E-state index in [0.717, 1.165) is 31.3 Å². The van der Waals surface area contributed by atoms with Gasteiger partial charge >= 0.3 is 0 Å². The fraction of sp³-hybridized carbons (Fsp3) is 0.667. The molecule has 1 saturated carbocycles. The van der Waals surface area contributed by atoms with Crippen LogP contribution in [-0.4, -0.2) is 17.5 Å². The SMILES string of the molecule is C=C1C2=C(C[C@@](C)(CO)C2)C(=O)[C@H](C)C12CC2. The number of hydrogen-bond donors (Lipinski definition) is 1. The Morgan fingerprint density at radius 1 is 1.35 bits per heavy atom. The van der Waals surface area contributed by atoms with Crippen LogP contribution in [0.1, 0.15) is 39.5 Å². The standard InChI is InChI=1S/C15H20O2/c1-9-11-6-14(3,8-16)7-12(11)13(17)10(2)15(9)4-5-15/h10,16H,1,4-8H2,2-3H3/t10-,14-/m0/s1. The highest BCUT2D eigenvalue weighted by Crippen LogP contribution is 2.65. The number of carbonyl (C=O) groups is 1. The van der Waals surface area contributed by atoms with E-state index in [4.69, 9.17) is 0 Å². The molecule has 0 aromatic heterocycles. The molecule has 2 heteroatoms. The first kappa shape index (κ1) is 11.2. The summed E-state index contributed by atoms with van der Waals surface area (Å²) in [5.41, 5.74) is 3.32. The Labute approximate surface area is 102 Å². The van der Waals surface area contributed by atoms with Crippen molar-refractivity contribution in [1.82, 2.24) is 0 Å². The second-order valence-corrected chi connectivity index (χ2v) is 6.50. The van der Waals surface area contributed by atoms with Gasteiger partial charge in [-0.05, 0) is 47.8 Å². The molecule has 3 rings (SSSR count). The average molecular weight is 232 g/mol. The van der Waals surface area contributed by atoms with E-state index in [1.165, 1.54) is 11.1 Å². The highest BCUT2D eigenvalue weighted by atomic mass is 16.3. The lowest BCUT2D eigenvalue weighted by Crippen LogP contribution is -2.30. The van der Waals surface area contributed by atoms with Crippen LogP contribution < -0.4 is 0 Å². The van der Waals surface area contributed by atoms with E-state index in [9.17, 15) is 9.90 Å². The minimum absolute atomic E-state index is 0.0939. The molecule has 0 amide bonds. The van der Waals surface area contributed by atoms with Crippen LogP contribution in [0.3, 0.4) is 0 Å². The fourth-order valence-corrected chi connectivity index (χ4v) is 3.71. The van der Waals surface area contributed by atoms with Gasteiger partial charge < -0.3 is 5.11 Å². The highest BCUT2D eigenvalue weighted by Gasteiger charge is 2.58. The van der Waals surface area contributed by atoms with Crippen molar-refractivity contribution in [2.45, 2.75) is 39.5 Å². The largest absolute Gasteiger partial charge is 0.396 e. The predicted molar refractivity (Wildman–Crippen MR) is 66.4 cm³/mol. The van der Waals surface area contributed by atoms with Crippen LogP contribution in [0.25, 0.3) is 0 Å². The summed E-state index contributed by atoms with van der Waals surface area (Å²) in [5, 5.41) is 9.49. The highest BCUT2D eigenvalue weighted by molar-refractivity contribution is 6.02. The molecule has 1 fully saturated rings. The van der Waals surface area contributed by atoms with Crippen molar-refractivity contribution in [3.05, 3.63) is 23.3 Å². The van der Waals surface area contributed by atoms with Crippen molar-refractivity contribution in [3.8, 4) is 0 Å². The van der Waals surface area contributed by atoms with Crippen molar-refractivity contribution in [2.24, 2.45) is 16.7 Å². The van der Waals surface area contributed by atoms with Gasteiger partial charge in [0.15, 0.2) is 5.78 Å². The van der Waals surface area contributed by atoms with Crippen LogP contribution in [-0.2, 0) is 4.79 Å². The van der Waals surface area contributed by atoms with Gasteiger partial charge in [0.2, 0.25) is 0 Å². The van der Waals surface area contributed by atoms with Gasteiger partial charge in [-0.25, -0.2) is 0 Å². The second kappa shape index (κ2) is 3.11. The van der Waals surface area contributed by atoms with Gasteiger partial charge in [-0.2, -0.15) is 0 Å². The average Bonchev–Trinajstić information content (AvgIpc) is 3.04. The van der Waals surface area contributed by atoms with Crippen molar-refractivity contribution < 1.29 is 9.90 Å². The van der Waals surface area contributed by atoms with Crippen LogP contribution in [0.4, 0.5) is 0 Å². The minimum Gasteiger partial charge on any atom is -0.396 e. The Morgan fingerprint density at radius 2 is 1.94 bits per heavy atom. The van der Waals surface area contributed by atoms with E-state index in [1.54, 1.807) is 0 Å². The first-order valence-corrected chi connectivity index (χ1v) is 6.50. The van der Waals surface area contributed by atoms with Crippen molar-refractivity contribution in [1.29, 1.82) is 0 Å². The van der Waals surface area contributed by atoms with E-state index in [0.29, 0.717) is 5.78 Å². The maximum Gasteiger partial charge on any atom is 0.162 e. The molecule has 2 nitrogen and oxygen atoms in total. The monoisotopic (exact) mass is 232 g/mol. The molecule has 0 bridgehead atoms. The molecule has 2 atom stereocenters. The summed E-state index contributed by atoms with van der Waals surface area (Å²) in [5.74, 6) is 0.428. The van der Waals surface area contributed by atoms with Gasteiger partial charge in [0, 0.05) is 17.9 Å². The smallest absolute Gasteiger partial charge is 0.162 e. The topological polar surface area (TPSA) is 37.3 Å². The Kier molecular flexibility index (Phi) is 2.05. The van der Waals surface area contributed by atoms with Crippen LogP contribution >= 0.6 is 0 Å². The molecule has 92 valence electrons. The molecule has 0 aliphatic heterocycles. The van der Waals surface area contributed by atoms with E-state index >= 15 is 0 Å². The fourth-order valence-electron chi connectivity index (χ4n) is 3.71. The number of aliphatic hydroxyl groups excluding tert-OH is 1. The molecule has 3 aliphatic rings. The van der Waals surface area contributed by atoms with Crippen molar-refractivity contribution in [2.75, 3.05) is 6.61 Å². The van der Waals surface area contributed by atoms with Crippen LogP contribution in [0.15, 0.2) is 23.3 Å². The lowest BCUT2D eigenvalue weighted by molar-refractivity contribution is -0.120. The summed E-state index contributed by atoms with van der Waals surface area (Å²) in [6, 6.07) is 0. The third-order valence-corrected chi connectivity index (χ3v) is 5.23. The summed E-state index contributed by atoms with van der Waals surface area (Å²) in [6.45, 7) is 8.54. The molecule has 3 aliphatic carbocycles. The number of allylic oxidation sites excluding steroid dienone is 3. The Morgan fingerprint density at radius 3 is 2.47 bits per heavy atom. The lowest BCUT2D eigenvalue weighted by Gasteiger charge is -2.31. The van der Waals surface area contributed by atoms with Crippen LogP contribution in [0.5, 0.6) is 0 Å². The normalized spacial score (nSPS) is 38.9. The number of rotatable bonds is 1. The number of ketones is 1. The van der Waals surface area contributed by atoms with E-state index in [-0.39, 0.29) is 23.4 Å². The summed E-state index contributed by atoms with van der Waals surface area (Å²) in [4.78, 5) is 12.4. The predicted octanol–water partition coefficient (Wildman–Crippen LogP) is 2.63. The van der Waals surface area contributed by atoms with Gasteiger partial charge in [0.25, 0.3) is 0 Å².